The topological polar surface area (TPSA) is 76.1 Å². The summed E-state index contributed by atoms with van der Waals surface area (Å²) in [6.07, 6.45) is 1.05. The third kappa shape index (κ3) is 2.73. The minimum absolute atomic E-state index is 0.0106. The highest BCUT2D eigenvalue weighted by Gasteiger charge is 2.42. The number of nitriles is 1. The molecule has 0 aromatic heterocycles. The molecule has 2 N–H and O–H groups in total. The van der Waals surface area contributed by atoms with Crippen molar-refractivity contribution in [2.45, 2.75) is 32.6 Å². The van der Waals surface area contributed by atoms with Crippen LogP contribution < -0.4 is 5.73 Å². The molecule has 2 aliphatic rings. The van der Waals surface area contributed by atoms with Crippen molar-refractivity contribution in [3.8, 4) is 6.07 Å². The number of halogens is 1. The summed E-state index contributed by atoms with van der Waals surface area (Å²) in [5.74, 6) is 0.195. The van der Waals surface area contributed by atoms with Gasteiger partial charge in [-0.05, 0) is 23.1 Å². The summed E-state index contributed by atoms with van der Waals surface area (Å²) in [6, 6.07) is 9.23. The number of ketones is 1. The summed E-state index contributed by atoms with van der Waals surface area (Å²) in [5, 5.41) is 10.1. The first kappa shape index (κ1) is 15.6. The van der Waals surface area contributed by atoms with Gasteiger partial charge in [0.2, 0.25) is 5.88 Å². The van der Waals surface area contributed by atoms with Gasteiger partial charge in [0.05, 0.1) is 5.92 Å². The Balaban J connectivity index is 2.17. The van der Waals surface area contributed by atoms with Crippen molar-refractivity contribution in [3.05, 3.63) is 57.6 Å². The second-order valence-electron chi connectivity index (χ2n) is 6.75. The van der Waals surface area contributed by atoms with E-state index in [-0.39, 0.29) is 22.7 Å². The number of allylic oxidation sites excluding steroid dienone is 3. The first-order chi connectivity index (χ1) is 10.8. The van der Waals surface area contributed by atoms with Gasteiger partial charge < -0.3 is 10.5 Å². The Bertz CT molecular complexity index is 782. The smallest absolute Gasteiger partial charge is 0.205 e. The van der Waals surface area contributed by atoms with Gasteiger partial charge in [0.1, 0.15) is 17.4 Å². The summed E-state index contributed by atoms with van der Waals surface area (Å²) in [6.45, 7) is 4.05. The molecular weight excluding hydrogens is 312 g/mol. The van der Waals surface area contributed by atoms with Gasteiger partial charge in [-0.1, -0.05) is 37.6 Å². The molecule has 1 aliphatic carbocycles. The van der Waals surface area contributed by atoms with Gasteiger partial charge in [-0.25, -0.2) is 0 Å². The summed E-state index contributed by atoms with van der Waals surface area (Å²) in [7, 11) is 0. The number of carbonyl (C=O) groups is 1. The predicted molar refractivity (Wildman–Crippen MR) is 87.2 cm³/mol. The van der Waals surface area contributed by atoms with E-state index in [1.165, 1.54) is 0 Å². The molecule has 0 saturated carbocycles. The first-order valence-electron chi connectivity index (χ1n) is 7.42. The molecule has 3 rings (SSSR count). The summed E-state index contributed by atoms with van der Waals surface area (Å²) in [4.78, 5) is 12.7. The fourth-order valence-corrected chi connectivity index (χ4v) is 3.40. The van der Waals surface area contributed by atoms with Crippen molar-refractivity contribution >= 4 is 17.4 Å². The Morgan fingerprint density at radius 1 is 1.30 bits per heavy atom. The van der Waals surface area contributed by atoms with E-state index >= 15 is 0 Å². The molecule has 1 atom stereocenters. The zero-order chi connectivity index (χ0) is 16.8. The quantitative estimate of drug-likeness (QED) is 0.850. The number of nitrogens with two attached hydrogens (primary N) is 1. The van der Waals surface area contributed by atoms with Crippen LogP contribution >= 0.6 is 11.6 Å². The average molecular weight is 329 g/mol. The molecule has 1 aromatic rings. The lowest BCUT2D eigenvalue weighted by Crippen LogP contribution is -2.33. The van der Waals surface area contributed by atoms with Gasteiger partial charge in [-0.3, -0.25) is 4.79 Å². The van der Waals surface area contributed by atoms with Crippen LogP contribution in [-0.4, -0.2) is 5.78 Å². The number of Topliss-reactive ketones (excluding diaryl/α,β-unsaturated/α-hetero) is 1. The van der Waals surface area contributed by atoms with Crippen LogP contribution in [0.15, 0.2) is 47.1 Å². The number of benzene rings is 1. The SMILES string of the molecule is CC1(C)CC(=O)C2=C(C1)OC(N)=C(C#N)[C@H]2c1ccc(Cl)cc1. The second-order valence-corrected chi connectivity index (χ2v) is 7.19. The number of hydrogen-bond acceptors (Lipinski definition) is 4. The monoisotopic (exact) mass is 328 g/mol. The molecule has 0 amide bonds. The largest absolute Gasteiger partial charge is 0.444 e. The maximum Gasteiger partial charge on any atom is 0.205 e. The lowest BCUT2D eigenvalue weighted by molar-refractivity contribution is -0.119. The van der Waals surface area contributed by atoms with Gasteiger partial charge in [-0.15, -0.1) is 0 Å². The Morgan fingerprint density at radius 2 is 1.96 bits per heavy atom. The normalized spacial score (nSPS) is 23.2. The third-order valence-corrected chi connectivity index (χ3v) is 4.53. The van der Waals surface area contributed by atoms with E-state index in [0.717, 1.165) is 5.56 Å². The van der Waals surface area contributed by atoms with Crippen molar-refractivity contribution in [3.63, 3.8) is 0 Å². The van der Waals surface area contributed by atoms with E-state index in [2.05, 4.69) is 6.07 Å². The molecule has 1 heterocycles. The fraction of sp³-hybridized carbons (Fsp3) is 0.333. The van der Waals surface area contributed by atoms with Crippen molar-refractivity contribution in [1.82, 2.24) is 0 Å². The summed E-state index contributed by atoms with van der Waals surface area (Å²) >= 11 is 5.95. The van der Waals surface area contributed by atoms with Crippen LogP contribution in [0.5, 0.6) is 0 Å². The van der Waals surface area contributed by atoms with Gasteiger partial charge in [0, 0.05) is 23.4 Å². The minimum Gasteiger partial charge on any atom is -0.444 e. The van der Waals surface area contributed by atoms with Gasteiger partial charge in [0.25, 0.3) is 0 Å². The molecule has 0 radical (unpaired) electrons. The standard InChI is InChI=1S/C18H17ClN2O2/c1-18(2)7-13(22)16-14(8-18)23-17(21)12(9-20)15(16)10-3-5-11(19)6-4-10/h3-6,15H,7-8,21H2,1-2H3/t15-/m1/s1. The minimum atomic E-state index is -0.482. The van der Waals surface area contributed by atoms with Crippen LogP contribution in [0.3, 0.4) is 0 Å². The lowest BCUT2D eigenvalue weighted by atomic mass is 9.70. The van der Waals surface area contributed by atoms with Crippen molar-refractivity contribution in [2.75, 3.05) is 0 Å². The highest BCUT2D eigenvalue weighted by molar-refractivity contribution is 6.30. The zero-order valence-corrected chi connectivity index (χ0v) is 13.8. The number of carbonyl (C=O) groups excluding carboxylic acids is 1. The van der Waals surface area contributed by atoms with Gasteiger partial charge >= 0.3 is 0 Å². The third-order valence-electron chi connectivity index (χ3n) is 4.28. The zero-order valence-electron chi connectivity index (χ0n) is 13.0. The van der Waals surface area contributed by atoms with E-state index in [1.807, 2.05) is 26.0 Å². The summed E-state index contributed by atoms with van der Waals surface area (Å²) in [5.41, 5.74) is 7.42. The molecular formula is C18H17ClN2O2. The molecule has 118 valence electrons. The average Bonchev–Trinajstić information content (AvgIpc) is 2.45. The molecule has 0 unspecified atom stereocenters. The van der Waals surface area contributed by atoms with Crippen LogP contribution in [-0.2, 0) is 9.53 Å². The molecule has 0 spiro atoms. The Kier molecular flexibility index (Phi) is 3.69. The number of ether oxygens (including phenoxy) is 1. The Hall–Kier alpha value is -2.25. The molecule has 5 heteroatoms. The molecule has 0 bridgehead atoms. The number of hydrogen-bond donors (Lipinski definition) is 1. The fourth-order valence-electron chi connectivity index (χ4n) is 3.27. The summed E-state index contributed by atoms with van der Waals surface area (Å²) < 4.78 is 5.64. The highest BCUT2D eigenvalue weighted by Crippen LogP contribution is 2.47. The first-order valence-corrected chi connectivity index (χ1v) is 7.79. The number of nitrogens with zero attached hydrogens (tertiary/aromatic N) is 1. The van der Waals surface area contributed by atoms with E-state index in [4.69, 9.17) is 22.1 Å². The maximum atomic E-state index is 12.7. The van der Waals surface area contributed by atoms with Gasteiger partial charge in [0.15, 0.2) is 5.78 Å². The Morgan fingerprint density at radius 3 is 2.57 bits per heavy atom. The predicted octanol–water partition coefficient (Wildman–Crippen LogP) is 3.79. The number of rotatable bonds is 1. The molecule has 23 heavy (non-hydrogen) atoms. The van der Waals surface area contributed by atoms with E-state index in [0.29, 0.717) is 29.2 Å². The van der Waals surface area contributed by atoms with Crippen LogP contribution in [0, 0.1) is 16.7 Å². The highest BCUT2D eigenvalue weighted by atomic mass is 35.5. The van der Waals surface area contributed by atoms with E-state index in [9.17, 15) is 10.1 Å². The molecule has 0 fully saturated rings. The second kappa shape index (κ2) is 5.43. The van der Waals surface area contributed by atoms with Crippen molar-refractivity contribution in [2.24, 2.45) is 11.1 Å². The lowest BCUT2D eigenvalue weighted by Gasteiger charge is -2.37. The van der Waals surface area contributed by atoms with Crippen LogP contribution in [0.1, 0.15) is 38.2 Å². The molecule has 1 aliphatic heterocycles. The van der Waals surface area contributed by atoms with Crippen molar-refractivity contribution < 1.29 is 9.53 Å². The molecule has 4 nitrogen and oxygen atoms in total. The maximum absolute atomic E-state index is 12.7. The van der Waals surface area contributed by atoms with Crippen molar-refractivity contribution in [1.29, 1.82) is 5.26 Å². The van der Waals surface area contributed by atoms with E-state index in [1.54, 1.807) is 12.1 Å². The molecule has 1 aromatic carbocycles. The molecule has 0 saturated heterocycles. The van der Waals surface area contributed by atoms with E-state index < -0.39 is 5.92 Å². The van der Waals surface area contributed by atoms with Crippen LogP contribution in [0.4, 0.5) is 0 Å². The van der Waals surface area contributed by atoms with Crippen LogP contribution in [0.2, 0.25) is 5.02 Å². The Labute approximate surface area is 140 Å². The van der Waals surface area contributed by atoms with Crippen LogP contribution in [0.25, 0.3) is 0 Å². The van der Waals surface area contributed by atoms with Gasteiger partial charge in [-0.2, -0.15) is 5.26 Å².